The molecule has 1 aliphatic heterocycles. The van der Waals surface area contributed by atoms with Gasteiger partial charge in [-0.3, -0.25) is 9.69 Å². The molecule has 5 heteroatoms. The fraction of sp³-hybridized carbons (Fsp3) is 0.900. The van der Waals surface area contributed by atoms with Crippen LogP contribution in [0.3, 0.4) is 0 Å². The second-order valence-corrected chi connectivity index (χ2v) is 3.66. The van der Waals surface area contributed by atoms with Gasteiger partial charge in [0.2, 0.25) is 0 Å². The van der Waals surface area contributed by atoms with Crippen LogP contribution in [0.2, 0.25) is 0 Å². The van der Waals surface area contributed by atoms with E-state index < -0.39 is 5.97 Å². The van der Waals surface area contributed by atoms with E-state index in [1.54, 1.807) is 0 Å². The lowest BCUT2D eigenvalue weighted by Crippen LogP contribution is -2.36. The summed E-state index contributed by atoms with van der Waals surface area (Å²) in [6.45, 7) is 4.82. The van der Waals surface area contributed by atoms with Gasteiger partial charge in [0.15, 0.2) is 0 Å². The number of rotatable bonds is 6. The summed E-state index contributed by atoms with van der Waals surface area (Å²) < 4.78 is 5.24. The smallest absolute Gasteiger partial charge is 0.303 e. The molecule has 0 unspecified atom stereocenters. The summed E-state index contributed by atoms with van der Waals surface area (Å²) in [5.41, 5.74) is 0. The maximum absolute atomic E-state index is 10.2. The number of unbranched alkanes of at least 4 members (excludes halogenated alkanes) is 2. The minimum Gasteiger partial charge on any atom is -0.481 e. The number of morpholine rings is 1. The van der Waals surface area contributed by atoms with Crippen LogP contribution in [-0.4, -0.2) is 48.8 Å². The predicted octanol–water partition coefficient (Wildman–Crippen LogP) is 1.39. The molecule has 1 heterocycles. The molecule has 0 atom stereocenters. The largest absolute Gasteiger partial charge is 0.481 e. The number of carboxylic acid groups (broad SMARTS) is 1. The van der Waals surface area contributed by atoms with Crippen molar-refractivity contribution in [3.8, 4) is 0 Å². The summed E-state index contributed by atoms with van der Waals surface area (Å²) in [5, 5.41) is 8.43. The Bertz CT molecular complexity index is 172. The number of hydrogen-bond acceptors (Lipinski definition) is 3. The summed E-state index contributed by atoms with van der Waals surface area (Å²) in [5.74, 6) is -0.684. The van der Waals surface area contributed by atoms with Crippen molar-refractivity contribution in [1.29, 1.82) is 0 Å². The summed E-state index contributed by atoms with van der Waals surface area (Å²) >= 11 is 0. The van der Waals surface area contributed by atoms with E-state index in [2.05, 4.69) is 4.90 Å². The molecule has 4 nitrogen and oxygen atoms in total. The fourth-order valence-electron chi connectivity index (χ4n) is 1.61. The molecule has 0 aromatic rings. The molecule has 0 bridgehead atoms. The maximum Gasteiger partial charge on any atom is 0.303 e. The highest BCUT2D eigenvalue weighted by Gasteiger charge is 2.08. The molecule has 1 rings (SSSR count). The zero-order valence-corrected chi connectivity index (χ0v) is 9.80. The van der Waals surface area contributed by atoms with Crippen LogP contribution in [0.1, 0.15) is 25.7 Å². The normalized spacial score (nSPS) is 17.1. The summed E-state index contributed by atoms with van der Waals surface area (Å²) in [6, 6.07) is 0. The minimum atomic E-state index is -0.684. The van der Waals surface area contributed by atoms with E-state index in [-0.39, 0.29) is 12.4 Å². The number of halogens is 1. The Labute approximate surface area is 97.0 Å². The lowest BCUT2D eigenvalue weighted by atomic mass is 10.2. The third-order valence-electron chi connectivity index (χ3n) is 2.47. The Morgan fingerprint density at radius 1 is 1.20 bits per heavy atom. The number of carboxylic acids is 1. The van der Waals surface area contributed by atoms with E-state index in [1.807, 2.05) is 0 Å². The summed E-state index contributed by atoms with van der Waals surface area (Å²) in [6.07, 6.45) is 3.24. The van der Waals surface area contributed by atoms with Crippen LogP contribution < -0.4 is 0 Å². The molecule has 0 aliphatic carbocycles. The van der Waals surface area contributed by atoms with Crippen LogP contribution in [-0.2, 0) is 9.53 Å². The van der Waals surface area contributed by atoms with Gasteiger partial charge in [0, 0.05) is 19.5 Å². The molecule has 0 radical (unpaired) electrons. The van der Waals surface area contributed by atoms with Crippen molar-refractivity contribution in [2.45, 2.75) is 25.7 Å². The molecule has 0 aromatic heterocycles. The van der Waals surface area contributed by atoms with Crippen molar-refractivity contribution in [3.63, 3.8) is 0 Å². The fourth-order valence-corrected chi connectivity index (χ4v) is 1.61. The average Bonchev–Trinajstić information content (AvgIpc) is 2.18. The lowest BCUT2D eigenvalue weighted by Gasteiger charge is -2.26. The Hall–Kier alpha value is -0.320. The number of hydrogen-bond donors (Lipinski definition) is 1. The molecule has 1 N–H and O–H groups in total. The maximum atomic E-state index is 10.2. The van der Waals surface area contributed by atoms with Gasteiger partial charge in [-0.1, -0.05) is 6.42 Å². The SMILES string of the molecule is Cl.O=C(O)CCCCCN1CCOCC1. The molecule has 1 saturated heterocycles. The van der Waals surface area contributed by atoms with E-state index in [0.29, 0.717) is 6.42 Å². The highest BCUT2D eigenvalue weighted by molar-refractivity contribution is 5.85. The number of aliphatic carboxylic acids is 1. The quantitative estimate of drug-likeness (QED) is 0.710. The van der Waals surface area contributed by atoms with Gasteiger partial charge in [-0.2, -0.15) is 0 Å². The highest BCUT2D eigenvalue weighted by atomic mass is 35.5. The summed E-state index contributed by atoms with van der Waals surface area (Å²) in [7, 11) is 0. The van der Waals surface area contributed by atoms with E-state index in [9.17, 15) is 4.79 Å². The molecular formula is C10H20ClNO3. The van der Waals surface area contributed by atoms with Crippen molar-refractivity contribution in [2.24, 2.45) is 0 Å². The molecule has 15 heavy (non-hydrogen) atoms. The topological polar surface area (TPSA) is 49.8 Å². The molecule has 0 amide bonds. The zero-order valence-electron chi connectivity index (χ0n) is 8.98. The molecule has 0 saturated carbocycles. The van der Waals surface area contributed by atoms with Gasteiger partial charge < -0.3 is 9.84 Å². The first kappa shape index (κ1) is 14.7. The van der Waals surface area contributed by atoms with Gasteiger partial charge >= 0.3 is 5.97 Å². The first-order valence-electron chi connectivity index (χ1n) is 5.31. The Kier molecular flexibility index (Phi) is 8.76. The highest BCUT2D eigenvalue weighted by Crippen LogP contribution is 2.03. The van der Waals surface area contributed by atoms with Gasteiger partial charge in [0.25, 0.3) is 0 Å². The Morgan fingerprint density at radius 3 is 2.47 bits per heavy atom. The van der Waals surface area contributed by atoms with Crippen LogP contribution in [0.25, 0.3) is 0 Å². The zero-order chi connectivity index (χ0) is 10.2. The molecular weight excluding hydrogens is 218 g/mol. The van der Waals surface area contributed by atoms with E-state index in [1.165, 1.54) is 0 Å². The van der Waals surface area contributed by atoms with E-state index in [4.69, 9.17) is 9.84 Å². The van der Waals surface area contributed by atoms with Crippen LogP contribution >= 0.6 is 12.4 Å². The van der Waals surface area contributed by atoms with Crippen LogP contribution in [0.4, 0.5) is 0 Å². The third-order valence-corrected chi connectivity index (χ3v) is 2.47. The third kappa shape index (κ3) is 7.59. The van der Waals surface area contributed by atoms with E-state index >= 15 is 0 Å². The van der Waals surface area contributed by atoms with Crippen LogP contribution in [0.15, 0.2) is 0 Å². The van der Waals surface area contributed by atoms with Crippen molar-refractivity contribution in [3.05, 3.63) is 0 Å². The number of ether oxygens (including phenoxy) is 1. The van der Waals surface area contributed by atoms with Gasteiger partial charge in [-0.15, -0.1) is 12.4 Å². The molecule has 0 spiro atoms. The molecule has 90 valence electrons. The first-order valence-corrected chi connectivity index (χ1v) is 5.31. The van der Waals surface area contributed by atoms with Crippen LogP contribution in [0, 0.1) is 0 Å². The Morgan fingerprint density at radius 2 is 1.87 bits per heavy atom. The number of carbonyl (C=O) groups is 1. The Balaban J connectivity index is 0.00000196. The molecule has 1 fully saturated rings. The average molecular weight is 238 g/mol. The van der Waals surface area contributed by atoms with Crippen LogP contribution in [0.5, 0.6) is 0 Å². The second-order valence-electron chi connectivity index (χ2n) is 3.66. The van der Waals surface area contributed by atoms with Gasteiger partial charge in [0.05, 0.1) is 13.2 Å². The predicted molar refractivity (Wildman–Crippen MR) is 60.6 cm³/mol. The first-order chi connectivity index (χ1) is 6.79. The number of nitrogens with zero attached hydrogens (tertiary/aromatic N) is 1. The van der Waals surface area contributed by atoms with Crippen molar-refractivity contribution in [1.82, 2.24) is 4.90 Å². The lowest BCUT2D eigenvalue weighted by molar-refractivity contribution is -0.137. The second kappa shape index (κ2) is 8.95. The summed E-state index contributed by atoms with van der Waals surface area (Å²) in [4.78, 5) is 12.6. The standard InChI is InChI=1S/C10H19NO3.ClH/c12-10(13)4-2-1-3-5-11-6-8-14-9-7-11;/h1-9H2,(H,12,13);1H. The van der Waals surface area contributed by atoms with Gasteiger partial charge in [0.1, 0.15) is 0 Å². The minimum absolute atomic E-state index is 0. The van der Waals surface area contributed by atoms with Gasteiger partial charge in [-0.05, 0) is 19.4 Å². The van der Waals surface area contributed by atoms with Crippen molar-refractivity contribution >= 4 is 18.4 Å². The van der Waals surface area contributed by atoms with E-state index in [0.717, 1.165) is 52.1 Å². The van der Waals surface area contributed by atoms with Crippen molar-refractivity contribution in [2.75, 3.05) is 32.8 Å². The van der Waals surface area contributed by atoms with Gasteiger partial charge in [-0.25, -0.2) is 0 Å². The molecule has 1 aliphatic rings. The monoisotopic (exact) mass is 237 g/mol. The molecule has 0 aromatic carbocycles. The van der Waals surface area contributed by atoms with Crippen molar-refractivity contribution < 1.29 is 14.6 Å².